The number of alkyl halides is 3. The number of rotatable bonds is 12. The fourth-order valence-electron chi connectivity index (χ4n) is 6.99. The van der Waals surface area contributed by atoms with Gasteiger partial charge in [0, 0.05) is 32.7 Å². The van der Waals surface area contributed by atoms with Crippen LogP contribution < -0.4 is 5.32 Å². The fraction of sp³-hybridized carbons (Fsp3) is 0.385. The number of halogens is 3. The van der Waals surface area contributed by atoms with Crippen LogP contribution in [0.25, 0.3) is 6.08 Å². The average molecular weight is 718 g/mol. The highest BCUT2D eigenvalue weighted by molar-refractivity contribution is 6.09. The molecule has 4 atom stereocenters. The van der Waals surface area contributed by atoms with E-state index < -0.39 is 59.7 Å². The zero-order valence-electron chi connectivity index (χ0n) is 28.9. The standard InChI is InChI=1S/C39H42F3N5O5/c1-2-3-19-44-20-22-45(23-21-44)36(49)34(35(48)43-25-28-13-10-16-30(24-28)39(40,41)42)46-31(18-17-27-11-6-4-7-12-27)33(37(46)50)47-32(26-52-38(47)51)29-14-8-5-9-15-29/h4-18,24,31-34H,2-3,19-23,25-26H2,1H3,(H,43,48)/b18-17+/t31-,32-,33+,34?/m1/s1. The molecule has 3 aromatic rings. The Labute approximate surface area is 300 Å². The number of hydrogen-bond donors (Lipinski definition) is 1. The Bertz CT molecular complexity index is 1760. The molecule has 0 spiro atoms. The maximum atomic E-state index is 14.4. The molecule has 52 heavy (non-hydrogen) atoms. The van der Waals surface area contributed by atoms with Crippen molar-refractivity contribution in [2.75, 3.05) is 39.3 Å². The third kappa shape index (κ3) is 7.99. The zero-order chi connectivity index (χ0) is 36.8. The number of benzene rings is 3. The number of carbonyl (C=O) groups is 4. The molecule has 3 aliphatic rings. The van der Waals surface area contributed by atoms with Crippen molar-refractivity contribution in [3.8, 4) is 0 Å². The summed E-state index contributed by atoms with van der Waals surface area (Å²) in [6, 6.07) is 18.8. The molecule has 3 fully saturated rings. The summed E-state index contributed by atoms with van der Waals surface area (Å²) in [5, 5.41) is 2.64. The number of unbranched alkanes of at least 4 members (excludes halogenated alkanes) is 1. The lowest BCUT2D eigenvalue weighted by Gasteiger charge is -2.52. The van der Waals surface area contributed by atoms with Crippen molar-refractivity contribution in [2.24, 2.45) is 0 Å². The predicted molar refractivity (Wildman–Crippen MR) is 187 cm³/mol. The number of amides is 4. The summed E-state index contributed by atoms with van der Waals surface area (Å²) in [7, 11) is 0. The van der Waals surface area contributed by atoms with E-state index in [9.17, 15) is 32.3 Å². The lowest BCUT2D eigenvalue weighted by atomic mass is 9.87. The molecule has 0 radical (unpaired) electrons. The molecular formula is C39H42F3N5O5. The van der Waals surface area contributed by atoms with Crippen LogP contribution in [0.1, 0.15) is 48.1 Å². The van der Waals surface area contributed by atoms with Crippen molar-refractivity contribution in [3.05, 3.63) is 113 Å². The Morgan fingerprint density at radius 2 is 1.63 bits per heavy atom. The van der Waals surface area contributed by atoms with Crippen LogP contribution >= 0.6 is 0 Å². The first-order chi connectivity index (χ1) is 25.1. The molecule has 3 saturated heterocycles. The molecule has 13 heteroatoms. The summed E-state index contributed by atoms with van der Waals surface area (Å²) < 4.78 is 45.8. The number of likely N-dealkylation sites (tertiary alicyclic amines) is 1. The molecular weight excluding hydrogens is 675 g/mol. The molecule has 3 aromatic carbocycles. The van der Waals surface area contributed by atoms with Gasteiger partial charge in [0.25, 0.3) is 11.8 Å². The Morgan fingerprint density at radius 1 is 0.942 bits per heavy atom. The van der Waals surface area contributed by atoms with Gasteiger partial charge >= 0.3 is 12.3 Å². The number of hydrogen-bond acceptors (Lipinski definition) is 6. The summed E-state index contributed by atoms with van der Waals surface area (Å²) in [4.78, 5) is 62.6. The van der Waals surface area contributed by atoms with Gasteiger partial charge in [0.15, 0.2) is 6.04 Å². The zero-order valence-corrected chi connectivity index (χ0v) is 28.9. The summed E-state index contributed by atoms with van der Waals surface area (Å²) in [5.41, 5.74) is 0.866. The van der Waals surface area contributed by atoms with Gasteiger partial charge in [0.2, 0.25) is 5.91 Å². The number of carbonyl (C=O) groups excluding carboxylic acids is 4. The average Bonchev–Trinajstić information content (AvgIpc) is 3.53. The minimum atomic E-state index is -4.58. The van der Waals surface area contributed by atoms with Crippen LogP contribution in [0.4, 0.5) is 18.0 Å². The van der Waals surface area contributed by atoms with E-state index in [1.165, 1.54) is 21.9 Å². The topological polar surface area (TPSA) is 103 Å². The molecule has 0 saturated carbocycles. The second kappa shape index (κ2) is 16.0. The molecule has 3 aliphatic heterocycles. The van der Waals surface area contributed by atoms with Crippen molar-refractivity contribution in [2.45, 2.75) is 56.7 Å². The summed E-state index contributed by atoms with van der Waals surface area (Å²) >= 11 is 0. The second-order valence-electron chi connectivity index (χ2n) is 13.2. The van der Waals surface area contributed by atoms with Crippen molar-refractivity contribution < 1.29 is 37.1 Å². The molecule has 3 heterocycles. The summed E-state index contributed by atoms with van der Waals surface area (Å²) in [5.74, 6) is -2.04. The summed E-state index contributed by atoms with van der Waals surface area (Å²) in [6.45, 7) is 4.56. The largest absolute Gasteiger partial charge is 0.447 e. The molecule has 274 valence electrons. The minimum Gasteiger partial charge on any atom is -0.447 e. The number of cyclic esters (lactones) is 1. The molecule has 0 aliphatic carbocycles. The van der Waals surface area contributed by atoms with Gasteiger partial charge in [0.1, 0.15) is 12.6 Å². The monoisotopic (exact) mass is 717 g/mol. The van der Waals surface area contributed by atoms with Gasteiger partial charge < -0.3 is 19.9 Å². The number of β-lactam (4-membered cyclic amide) rings is 1. The second-order valence-corrected chi connectivity index (χ2v) is 13.2. The van der Waals surface area contributed by atoms with Crippen LogP contribution in [0.2, 0.25) is 0 Å². The van der Waals surface area contributed by atoms with E-state index >= 15 is 0 Å². The Hall–Kier alpha value is -5.17. The first-order valence-corrected chi connectivity index (χ1v) is 17.6. The van der Waals surface area contributed by atoms with Crippen molar-refractivity contribution in [1.29, 1.82) is 0 Å². The van der Waals surface area contributed by atoms with E-state index in [1.807, 2.05) is 60.7 Å². The van der Waals surface area contributed by atoms with E-state index in [2.05, 4.69) is 17.1 Å². The molecule has 4 amide bonds. The molecule has 0 bridgehead atoms. The quantitative estimate of drug-likeness (QED) is 0.206. The molecule has 10 nitrogen and oxygen atoms in total. The van der Waals surface area contributed by atoms with Gasteiger partial charge in [-0.15, -0.1) is 0 Å². The van der Waals surface area contributed by atoms with E-state index in [0.717, 1.165) is 42.6 Å². The van der Waals surface area contributed by atoms with E-state index in [1.54, 1.807) is 17.1 Å². The predicted octanol–water partition coefficient (Wildman–Crippen LogP) is 5.12. The van der Waals surface area contributed by atoms with Gasteiger partial charge in [-0.2, -0.15) is 13.2 Å². The number of piperazine rings is 1. The van der Waals surface area contributed by atoms with Gasteiger partial charge in [-0.05, 0) is 41.8 Å². The Balaban J connectivity index is 1.33. The van der Waals surface area contributed by atoms with Crippen molar-refractivity contribution in [1.82, 2.24) is 24.9 Å². The van der Waals surface area contributed by atoms with E-state index in [-0.39, 0.29) is 18.7 Å². The van der Waals surface area contributed by atoms with Crippen LogP contribution in [-0.2, 0) is 31.8 Å². The van der Waals surface area contributed by atoms with Crippen LogP contribution in [-0.4, -0.2) is 101 Å². The minimum absolute atomic E-state index is 0.0177. The highest BCUT2D eigenvalue weighted by Crippen LogP contribution is 2.39. The third-order valence-electron chi connectivity index (χ3n) is 9.83. The maximum absolute atomic E-state index is 14.4. The van der Waals surface area contributed by atoms with Crippen LogP contribution in [0, 0.1) is 0 Å². The fourth-order valence-corrected chi connectivity index (χ4v) is 6.99. The van der Waals surface area contributed by atoms with Crippen molar-refractivity contribution in [3.63, 3.8) is 0 Å². The van der Waals surface area contributed by atoms with Gasteiger partial charge in [-0.25, -0.2) is 4.79 Å². The first kappa shape index (κ1) is 36.6. The van der Waals surface area contributed by atoms with Gasteiger partial charge in [-0.1, -0.05) is 98.3 Å². The van der Waals surface area contributed by atoms with Gasteiger partial charge in [-0.3, -0.25) is 24.2 Å². The lowest BCUT2D eigenvalue weighted by molar-refractivity contribution is -0.169. The first-order valence-electron chi connectivity index (χ1n) is 17.6. The number of ether oxygens (including phenoxy) is 1. The Kier molecular flexibility index (Phi) is 11.3. The molecule has 1 unspecified atom stereocenters. The lowest BCUT2D eigenvalue weighted by Crippen LogP contribution is -2.76. The number of nitrogens with one attached hydrogen (secondary N) is 1. The maximum Gasteiger partial charge on any atom is 0.416 e. The third-order valence-corrected chi connectivity index (χ3v) is 9.83. The summed E-state index contributed by atoms with van der Waals surface area (Å²) in [6.07, 6.45) is 0.243. The van der Waals surface area contributed by atoms with E-state index in [0.29, 0.717) is 26.2 Å². The molecule has 0 aromatic heterocycles. The van der Waals surface area contributed by atoms with Crippen LogP contribution in [0.3, 0.4) is 0 Å². The smallest absolute Gasteiger partial charge is 0.416 e. The van der Waals surface area contributed by atoms with Crippen molar-refractivity contribution >= 4 is 29.9 Å². The number of nitrogens with zero attached hydrogens (tertiary/aromatic N) is 4. The van der Waals surface area contributed by atoms with Gasteiger partial charge in [0.05, 0.1) is 17.6 Å². The highest BCUT2D eigenvalue weighted by atomic mass is 19.4. The Morgan fingerprint density at radius 3 is 2.31 bits per heavy atom. The van der Waals surface area contributed by atoms with Crippen LogP contribution in [0.5, 0.6) is 0 Å². The molecule has 6 rings (SSSR count). The SMILES string of the molecule is CCCCN1CCN(C(=O)C(C(=O)NCc2cccc(C(F)(F)F)c2)N2C(=O)[C@@H](N3C(=O)OC[C@@H]3c3ccccc3)[C@H]2/C=C/c2ccccc2)CC1. The highest BCUT2D eigenvalue weighted by Gasteiger charge is 2.59. The van der Waals surface area contributed by atoms with Crippen LogP contribution in [0.15, 0.2) is 91.0 Å². The normalized spacial score (nSPS) is 21.6. The molecule has 1 N–H and O–H groups in total. The van der Waals surface area contributed by atoms with E-state index in [4.69, 9.17) is 4.74 Å².